The van der Waals surface area contributed by atoms with E-state index in [4.69, 9.17) is 4.42 Å². The Kier molecular flexibility index (Phi) is 2.07. The van der Waals surface area contributed by atoms with E-state index in [9.17, 15) is 0 Å². The van der Waals surface area contributed by atoms with Crippen LogP contribution in [-0.4, -0.2) is 17.4 Å². The average Bonchev–Trinajstić information content (AvgIpc) is 2.74. The summed E-state index contributed by atoms with van der Waals surface area (Å²) < 4.78 is 4.84. The van der Waals surface area contributed by atoms with Crippen molar-refractivity contribution in [2.45, 2.75) is 19.4 Å². The molecule has 4 nitrogen and oxygen atoms in total. The van der Waals surface area contributed by atoms with Gasteiger partial charge in [-0.15, -0.1) is 0 Å². The number of hydrogen-bond acceptors (Lipinski definition) is 4. The molecule has 1 aliphatic heterocycles. The zero-order valence-electron chi connectivity index (χ0n) is 6.79. The quantitative estimate of drug-likeness (QED) is 0.710. The highest BCUT2D eigenvalue weighted by Crippen LogP contribution is 2.02. The molecule has 0 radical (unpaired) electrons. The van der Waals surface area contributed by atoms with Crippen LogP contribution in [0.1, 0.15) is 18.5 Å². The Balaban J connectivity index is 1.82. The summed E-state index contributed by atoms with van der Waals surface area (Å²) in [6, 6.07) is 0. The lowest BCUT2D eigenvalue weighted by atomic mass is 10.3. The molecule has 4 heteroatoms. The van der Waals surface area contributed by atoms with Crippen LogP contribution in [0.25, 0.3) is 0 Å². The zero-order chi connectivity index (χ0) is 8.23. The van der Waals surface area contributed by atoms with Gasteiger partial charge in [-0.2, -0.15) is 0 Å². The molecule has 0 amide bonds. The SMILES string of the molecule is c1nc(CNC2=NCCC2)co1. The molecular formula is C8H11N3O. The smallest absolute Gasteiger partial charge is 0.180 e. The van der Waals surface area contributed by atoms with Gasteiger partial charge in [-0.1, -0.05) is 0 Å². The van der Waals surface area contributed by atoms with Crippen LogP contribution in [0.3, 0.4) is 0 Å². The first-order chi connectivity index (χ1) is 5.95. The fourth-order valence-corrected chi connectivity index (χ4v) is 1.20. The number of aliphatic imine (C=N–C) groups is 1. The second-order valence-electron chi connectivity index (χ2n) is 2.77. The third-order valence-electron chi connectivity index (χ3n) is 1.83. The van der Waals surface area contributed by atoms with Gasteiger partial charge in [0.05, 0.1) is 18.1 Å². The van der Waals surface area contributed by atoms with E-state index in [1.165, 1.54) is 12.8 Å². The van der Waals surface area contributed by atoms with E-state index < -0.39 is 0 Å². The van der Waals surface area contributed by atoms with E-state index in [1.54, 1.807) is 6.26 Å². The summed E-state index contributed by atoms with van der Waals surface area (Å²) >= 11 is 0. The minimum atomic E-state index is 0.718. The monoisotopic (exact) mass is 165 g/mol. The van der Waals surface area contributed by atoms with E-state index in [1.807, 2.05) is 0 Å². The third-order valence-corrected chi connectivity index (χ3v) is 1.83. The molecule has 12 heavy (non-hydrogen) atoms. The maximum atomic E-state index is 4.84. The molecule has 1 aliphatic rings. The maximum absolute atomic E-state index is 4.84. The molecule has 2 heterocycles. The Morgan fingerprint density at radius 2 is 2.58 bits per heavy atom. The Morgan fingerprint density at radius 3 is 3.25 bits per heavy atom. The highest BCUT2D eigenvalue weighted by molar-refractivity contribution is 5.83. The molecular weight excluding hydrogens is 154 g/mol. The second-order valence-corrected chi connectivity index (χ2v) is 2.77. The van der Waals surface area contributed by atoms with Crippen LogP contribution < -0.4 is 5.32 Å². The first-order valence-corrected chi connectivity index (χ1v) is 4.09. The molecule has 0 bridgehead atoms. The van der Waals surface area contributed by atoms with Crippen LogP contribution in [0.4, 0.5) is 0 Å². The maximum Gasteiger partial charge on any atom is 0.180 e. The Hall–Kier alpha value is -1.32. The van der Waals surface area contributed by atoms with E-state index >= 15 is 0 Å². The lowest BCUT2D eigenvalue weighted by Gasteiger charge is -2.01. The molecule has 0 unspecified atom stereocenters. The van der Waals surface area contributed by atoms with Gasteiger partial charge in [0.25, 0.3) is 0 Å². The van der Waals surface area contributed by atoms with Crippen molar-refractivity contribution in [3.05, 3.63) is 18.4 Å². The van der Waals surface area contributed by atoms with Crippen LogP contribution in [0.15, 0.2) is 22.1 Å². The molecule has 1 N–H and O–H groups in total. The Bertz CT molecular complexity index is 266. The molecule has 64 valence electrons. The Morgan fingerprint density at radius 1 is 1.58 bits per heavy atom. The predicted molar refractivity (Wildman–Crippen MR) is 44.9 cm³/mol. The number of nitrogens with one attached hydrogen (secondary N) is 1. The van der Waals surface area contributed by atoms with Gasteiger partial charge in [-0.25, -0.2) is 4.98 Å². The van der Waals surface area contributed by atoms with Crippen LogP contribution in [0, 0.1) is 0 Å². The van der Waals surface area contributed by atoms with Crippen molar-refractivity contribution < 1.29 is 4.42 Å². The van der Waals surface area contributed by atoms with Gasteiger partial charge in [0.15, 0.2) is 6.39 Å². The first kappa shape index (κ1) is 7.34. The van der Waals surface area contributed by atoms with Crippen LogP contribution in [-0.2, 0) is 6.54 Å². The van der Waals surface area contributed by atoms with Crippen molar-refractivity contribution in [1.29, 1.82) is 0 Å². The fourth-order valence-electron chi connectivity index (χ4n) is 1.20. The molecule has 1 aromatic heterocycles. The molecule has 0 fully saturated rings. The number of hydrogen-bond donors (Lipinski definition) is 1. The predicted octanol–water partition coefficient (Wildman–Crippen LogP) is 0.956. The largest absolute Gasteiger partial charge is 0.451 e. The highest BCUT2D eigenvalue weighted by Gasteiger charge is 2.05. The molecule has 1 aromatic rings. The van der Waals surface area contributed by atoms with Gasteiger partial charge in [-0.05, 0) is 6.42 Å². The molecule has 2 rings (SSSR count). The van der Waals surface area contributed by atoms with Crippen molar-refractivity contribution in [1.82, 2.24) is 10.3 Å². The number of rotatable bonds is 2. The van der Waals surface area contributed by atoms with Crippen LogP contribution in [0.5, 0.6) is 0 Å². The van der Waals surface area contributed by atoms with E-state index in [0.29, 0.717) is 0 Å². The lowest BCUT2D eigenvalue weighted by molar-refractivity contribution is 0.556. The molecule has 0 saturated heterocycles. The summed E-state index contributed by atoms with van der Waals surface area (Å²) in [5, 5.41) is 3.21. The summed E-state index contributed by atoms with van der Waals surface area (Å²) in [6.45, 7) is 1.68. The summed E-state index contributed by atoms with van der Waals surface area (Å²) in [5.41, 5.74) is 0.921. The lowest BCUT2D eigenvalue weighted by Crippen LogP contribution is -2.20. The molecule has 0 aliphatic carbocycles. The van der Waals surface area contributed by atoms with Gasteiger partial charge in [-0.3, -0.25) is 4.99 Å². The normalized spacial score (nSPS) is 16.2. The zero-order valence-corrected chi connectivity index (χ0v) is 6.79. The highest BCUT2D eigenvalue weighted by atomic mass is 16.3. The summed E-state index contributed by atoms with van der Waals surface area (Å²) in [6.07, 6.45) is 5.31. The Labute approximate surface area is 70.7 Å². The molecule has 0 spiro atoms. The van der Waals surface area contributed by atoms with Gasteiger partial charge >= 0.3 is 0 Å². The minimum absolute atomic E-state index is 0.718. The van der Waals surface area contributed by atoms with E-state index in [0.717, 1.165) is 31.0 Å². The van der Waals surface area contributed by atoms with Gasteiger partial charge in [0.1, 0.15) is 6.26 Å². The molecule has 0 saturated carbocycles. The number of amidine groups is 1. The topological polar surface area (TPSA) is 50.4 Å². The molecule has 0 atom stereocenters. The van der Waals surface area contributed by atoms with E-state index in [-0.39, 0.29) is 0 Å². The van der Waals surface area contributed by atoms with Crippen LogP contribution >= 0.6 is 0 Å². The van der Waals surface area contributed by atoms with Crippen molar-refractivity contribution >= 4 is 5.84 Å². The van der Waals surface area contributed by atoms with Crippen molar-refractivity contribution in [2.75, 3.05) is 6.54 Å². The fraction of sp³-hybridized carbons (Fsp3) is 0.500. The number of nitrogens with zero attached hydrogens (tertiary/aromatic N) is 2. The summed E-state index contributed by atoms with van der Waals surface area (Å²) in [4.78, 5) is 8.28. The van der Waals surface area contributed by atoms with Crippen LogP contribution in [0.2, 0.25) is 0 Å². The summed E-state index contributed by atoms with van der Waals surface area (Å²) in [5.74, 6) is 1.10. The number of aromatic nitrogens is 1. The van der Waals surface area contributed by atoms with Gasteiger partial charge in [0.2, 0.25) is 0 Å². The minimum Gasteiger partial charge on any atom is -0.451 e. The second kappa shape index (κ2) is 3.38. The van der Waals surface area contributed by atoms with Gasteiger partial charge in [0, 0.05) is 13.0 Å². The standard InChI is InChI=1S/C8H11N3O/c1-2-8(9-3-1)10-4-7-5-12-6-11-7/h5-6H,1-4H2,(H,9,10). The number of oxazole rings is 1. The van der Waals surface area contributed by atoms with E-state index in [2.05, 4.69) is 15.3 Å². The van der Waals surface area contributed by atoms with Crippen molar-refractivity contribution in [2.24, 2.45) is 4.99 Å². The average molecular weight is 165 g/mol. The summed E-state index contributed by atoms with van der Waals surface area (Å²) in [7, 11) is 0. The third kappa shape index (κ3) is 1.64. The van der Waals surface area contributed by atoms with Crippen molar-refractivity contribution in [3.8, 4) is 0 Å². The van der Waals surface area contributed by atoms with Crippen molar-refractivity contribution in [3.63, 3.8) is 0 Å². The van der Waals surface area contributed by atoms with Gasteiger partial charge < -0.3 is 9.73 Å². The molecule has 0 aromatic carbocycles. The first-order valence-electron chi connectivity index (χ1n) is 4.09.